The van der Waals surface area contributed by atoms with Gasteiger partial charge in [-0.05, 0) is 44.8 Å². The van der Waals surface area contributed by atoms with Crippen LogP contribution in [0.5, 0.6) is 0 Å². The molecule has 0 amide bonds. The van der Waals surface area contributed by atoms with Crippen LogP contribution in [0.1, 0.15) is 31.4 Å². The molecular weight excluding hydrogens is 298 g/mol. The summed E-state index contributed by atoms with van der Waals surface area (Å²) in [6, 6.07) is 2.03. The Hall–Kier alpha value is -1.47. The Morgan fingerprint density at radius 1 is 1.36 bits per heavy atom. The lowest BCUT2D eigenvalue weighted by atomic mass is 10.2. The van der Waals surface area contributed by atoms with Crippen molar-refractivity contribution < 1.29 is 4.74 Å². The Labute approximate surface area is 136 Å². The maximum absolute atomic E-state index is 5.57. The SMILES string of the molecule is Cc1cc(N2CCCC2)nc(NC(=S)NC[C@@H]2CCCO2)n1. The minimum Gasteiger partial charge on any atom is -0.376 e. The maximum atomic E-state index is 5.57. The number of rotatable bonds is 4. The van der Waals surface area contributed by atoms with Crippen molar-refractivity contribution in [2.75, 3.05) is 36.5 Å². The second-order valence-electron chi connectivity index (χ2n) is 5.86. The van der Waals surface area contributed by atoms with Gasteiger partial charge in [-0.15, -0.1) is 0 Å². The van der Waals surface area contributed by atoms with Crippen molar-refractivity contribution in [3.8, 4) is 0 Å². The monoisotopic (exact) mass is 321 g/mol. The van der Waals surface area contributed by atoms with Crippen molar-refractivity contribution in [2.24, 2.45) is 0 Å². The molecule has 3 heterocycles. The van der Waals surface area contributed by atoms with Crippen LogP contribution in [0.15, 0.2) is 6.07 Å². The molecule has 0 radical (unpaired) electrons. The third-order valence-corrected chi connectivity index (χ3v) is 4.26. The number of hydrogen-bond donors (Lipinski definition) is 2. The molecule has 1 aromatic rings. The molecule has 0 saturated carbocycles. The van der Waals surface area contributed by atoms with Gasteiger partial charge in [-0.25, -0.2) is 4.98 Å². The summed E-state index contributed by atoms with van der Waals surface area (Å²) in [6.45, 7) is 5.70. The number of aryl methyl sites for hydroxylation is 1. The van der Waals surface area contributed by atoms with Gasteiger partial charge in [0.2, 0.25) is 5.95 Å². The maximum Gasteiger partial charge on any atom is 0.231 e. The number of nitrogens with zero attached hydrogens (tertiary/aromatic N) is 3. The minimum absolute atomic E-state index is 0.262. The van der Waals surface area contributed by atoms with Gasteiger partial charge in [-0.3, -0.25) is 0 Å². The average molecular weight is 321 g/mol. The molecule has 2 N–H and O–H groups in total. The summed E-state index contributed by atoms with van der Waals surface area (Å²) >= 11 is 5.32. The van der Waals surface area contributed by atoms with Crippen LogP contribution in [0, 0.1) is 6.92 Å². The van der Waals surface area contributed by atoms with Gasteiger partial charge in [-0.1, -0.05) is 0 Å². The molecule has 2 aliphatic rings. The minimum atomic E-state index is 0.262. The summed E-state index contributed by atoms with van der Waals surface area (Å²) in [5.41, 5.74) is 0.946. The summed E-state index contributed by atoms with van der Waals surface area (Å²) in [6.07, 6.45) is 4.95. The highest BCUT2D eigenvalue weighted by molar-refractivity contribution is 7.80. The average Bonchev–Trinajstić information content (AvgIpc) is 3.18. The van der Waals surface area contributed by atoms with Crippen LogP contribution < -0.4 is 15.5 Å². The lowest BCUT2D eigenvalue weighted by Gasteiger charge is -2.18. The number of anilines is 2. The lowest BCUT2D eigenvalue weighted by molar-refractivity contribution is 0.114. The first-order valence-electron chi connectivity index (χ1n) is 7.98. The third-order valence-electron chi connectivity index (χ3n) is 4.01. The molecule has 7 heteroatoms. The van der Waals surface area contributed by atoms with Crippen LogP contribution in [0.3, 0.4) is 0 Å². The Kier molecular flexibility index (Phi) is 5.04. The van der Waals surface area contributed by atoms with Gasteiger partial charge in [0.25, 0.3) is 0 Å². The fourth-order valence-electron chi connectivity index (χ4n) is 2.87. The van der Waals surface area contributed by atoms with E-state index >= 15 is 0 Å². The molecule has 0 aromatic carbocycles. The van der Waals surface area contributed by atoms with Gasteiger partial charge in [0.1, 0.15) is 5.82 Å². The van der Waals surface area contributed by atoms with E-state index < -0.39 is 0 Å². The number of hydrogen-bond acceptors (Lipinski definition) is 5. The largest absolute Gasteiger partial charge is 0.376 e. The molecule has 0 spiro atoms. The van der Waals surface area contributed by atoms with Crippen LogP contribution in [-0.2, 0) is 4.74 Å². The van der Waals surface area contributed by atoms with E-state index in [0.717, 1.165) is 50.6 Å². The molecule has 1 aromatic heterocycles. The second-order valence-corrected chi connectivity index (χ2v) is 6.26. The Morgan fingerprint density at radius 3 is 2.91 bits per heavy atom. The van der Waals surface area contributed by atoms with E-state index in [9.17, 15) is 0 Å². The molecule has 3 rings (SSSR count). The molecule has 2 aliphatic heterocycles. The van der Waals surface area contributed by atoms with Crippen molar-refractivity contribution in [1.82, 2.24) is 15.3 Å². The van der Waals surface area contributed by atoms with Crippen molar-refractivity contribution >= 4 is 29.1 Å². The van der Waals surface area contributed by atoms with Crippen molar-refractivity contribution in [2.45, 2.75) is 38.7 Å². The molecule has 1 atom stereocenters. The molecular formula is C15H23N5OS. The molecule has 0 bridgehead atoms. The van der Waals surface area contributed by atoms with E-state index in [-0.39, 0.29) is 6.10 Å². The zero-order chi connectivity index (χ0) is 15.4. The predicted octanol–water partition coefficient (Wildman–Crippen LogP) is 1.85. The Balaban J connectivity index is 1.57. The summed E-state index contributed by atoms with van der Waals surface area (Å²) in [5, 5.41) is 6.82. The zero-order valence-electron chi connectivity index (χ0n) is 13.0. The summed E-state index contributed by atoms with van der Waals surface area (Å²) in [5.74, 6) is 1.54. The van der Waals surface area contributed by atoms with Gasteiger partial charge < -0.3 is 20.3 Å². The van der Waals surface area contributed by atoms with E-state index in [1.807, 2.05) is 13.0 Å². The first-order chi connectivity index (χ1) is 10.7. The lowest BCUT2D eigenvalue weighted by Crippen LogP contribution is -2.35. The molecule has 2 fully saturated rings. The quantitative estimate of drug-likeness (QED) is 0.821. The van der Waals surface area contributed by atoms with Gasteiger partial charge in [0, 0.05) is 38.0 Å². The van der Waals surface area contributed by atoms with Crippen molar-refractivity contribution in [3.63, 3.8) is 0 Å². The highest BCUT2D eigenvalue weighted by Crippen LogP contribution is 2.19. The fraction of sp³-hybridized carbons (Fsp3) is 0.667. The third kappa shape index (κ3) is 4.04. The molecule has 6 nitrogen and oxygen atoms in total. The standard InChI is InChI=1S/C15H23N5OS/c1-11-9-13(20-6-2-3-7-20)18-14(17-11)19-15(22)16-10-12-5-4-8-21-12/h9,12H,2-8,10H2,1H3,(H2,16,17,18,19,22)/t12-/m0/s1. The first-order valence-corrected chi connectivity index (χ1v) is 8.38. The highest BCUT2D eigenvalue weighted by atomic mass is 32.1. The first kappa shape index (κ1) is 15.4. The van der Waals surface area contributed by atoms with Crippen LogP contribution in [0.25, 0.3) is 0 Å². The molecule has 0 aliphatic carbocycles. The fourth-order valence-corrected chi connectivity index (χ4v) is 3.05. The van der Waals surface area contributed by atoms with E-state index in [2.05, 4.69) is 25.5 Å². The van der Waals surface area contributed by atoms with Gasteiger partial charge in [0.05, 0.1) is 6.10 Å². The molecule has 2 saturated heterocycles. The number of aromatic nitrogens is 2. The summed E-state index contributed by atoms with van der Waals surface area (Å²) in [7, 11) is 0. The van der Waals surface area contributed by atoms with Crippen LogP contribution in [0.2, 0.25) is 0 Å². The summed E-state index contributed by atoms with van der Waals surface area (Å²) in [4.78, 5) is 11.3. The van der Waals surface area contributed by atoms with Gasteiger partial charge in [0.15, 0.2) is 5.11 Å². The molecule has 0 unspecified atom stereocenters. The Bertz CT molecular complexity index is 527. The number of nitrogens with one attached hydrogen (secondary N) is 2. The van der Waals surface area contributed by atoms with Gasteiger partial charge >= 0.3 is 0 Å². The molecule has 120 valence electrons. The van der Waals surface area contributed by atoms with E-state index in [4.69, 9.17) is 17.0 Å². The van der Waals surface area contributed by atoms with Gasteiger partial charge in [-0.2, -0.15) is 4.98 Å². The zero-order valence-corrected chi connectivity index (χ0v) is 13.8. The van der Waals surface area contributed by atoms with E-state index in [0.29, 0.717) is 11.1 Å². The normalized spacial score (nSPS) is 21.1. The second kappa shape index (κ2) is 7.19. The smallest absolute Gasteiger partial charge is 0.231 e. The Morgan fingerprint density at radius 2 is 2.18 bits per heavy atom. The number of thiocarbonyl (C=S) groups is 1. The van der Waals surface area contributed by atoms with E-state index in [1.165, 1.54) is 12.8 Å². The van der Waals surface area contributed by atoms with Crippen molar-refractivity contribution in [1.29, 1.82) is 0 Å². The van der Waals surface area contributed by atoms with Crippen LogP contribution in [0.4, 0.5) is 11.8 Å². The predicted molar refractivity (Wildman–Crippen MR) is 91.4 cm³/mol. The van der Waals surface area contributed by atoms with Crippen molar-refractivity contribution in [3.05, 3.63) is 11.8 Å². The van der Waals surface area contributed by atoms with E-state index in [1.54, 1.807) is 0 Å². The topological polar surface area (TPSA) is 62.3 Å². The molecule has 22 heavy (non-hydrogen) atoms. The number of ether oxygens (including phenoxy) is 1. The summed E-state index contributed by atoms with van der Waals surface area (Å²) < 4.78 is 5.57. The van der Waals surface area contributed by atoms with Crippen LogP contribution >= 0.6 is 12.2 Å². The van der Waals surface area contributed by atoms with Crippen LogP contribution in [-0.4, -0.2) is 47.4 Å². The highest BCUT2D eigenvalue weighted by Gasteiger charge is 2.17.